The zero-order valence-corrected chi connectivity index (χ0v) is 26.3. The molecule has 1 N–H and O–H groups in total. The molecule has 226 valence electrons. The van der Waals surface area contributed by atoms with E-state index in [-0.39, 0.29) is 0 Å². The van der Waals surface area contributed by atoms with Crippen LogP contribution in [0.25, 0.3) is 71.6 Å². The Balaban J connectivity index is 1.20. The van der Waals surface area contributed by atoms with Crippen LogP contribution in [0.2, 0.25) is 0 Å². The molecule has 1 heterocycles. The molecule has 2 nitrogen and oxygen atoms in total. The minimum atomic E-state index is 1.05. The molecule has 0 atom stereocenters. The van der Waals surface area contributed by atoms with Crippen molar-refractivity contribution in [2.75, 3.05) is 5.32 Å². The smallest absolute Gasteiger partial charge is 0.0640 e. The molecule has 2 heteroatoms. The SMILES string of the molecule is c1ccc(-c2ccc(-n3c4ccccc4c4ccc(Nc5ccc(-c6cccc7ccccc67)cc5)c(-c5ccccc5)c43)cc2)cc1. The van der Waals surface area contributed by atoms with E-state index in [4.69, 9.17) is 0 Å². The van der Waals surface area contributed by atoms with Gasteiger partial charge < -0.3 is 9.88 Å². The predicted octanol–water partition coefficient (Wildman–Crippen LogP) is 12.7. The molecule has 0 amide bonds. The van der Waals surface area contributed by atoms with Crippen LogP contribution in [-0.2, 0) is 0 Å². The van der Waals surface area contributed by atoms with Gasteiger partial charge >= 0.3 is 0 Å². The van der Waals surface area contributed by atoms with E-state index >= 15 is 0 Å². The summed E-state index contributed by atoms with van der Waals surface area (Å²) in [5.41, 5.74) is 12.8. The first-order valence-electron chi connectivity index (χ1n) is 16.4. The summed E-state index contributed by atoms with van der Waals surface area (Å²) in [6, 6.07) is 67.4. The molecule has 8 aromatic carbocycles. The number of anilines is 2. The molecule has 9 rings (SSSR count). The Morgan fingerprint density at radius 1 is 0.375 bits per heavy atom. The number of hydrogen-bond acceptors (Lipinski definition) is 1. The van der Waals surface area contributed by atoms with Crippen LogP contribution < -0.4 is 5.32 Å². The minimum absolute atomic E-state index is 1.05. The first kappa shape index (κ1) is 27.9. The van der Waals surface area contributed by atoms with Crippen molar-refractivity contribution in [2.24, 2.45) is 0 Å². The molecule has 0 unspecified atom stereocenters. The summed E-state index contributed by atoms with van der Waals surface area (Å²) < 4.78 is 2.43. The standard InChI is InChI=1S/C46H32N2/c1-3-12-32(13-4-1)33-24-28-38(29-25-33)48-44-21-10-9-19-41(44)42-30-31-43(45(46(42)48)36-15-5-2-6-16-36)47-37-26-22-35(23-27-37)40-20-11-17-34-14-7-8-18-39(34)40/h1-31,47H. The molecule has 0 bridgehead atoms. The van der Waals surface area contributed by atoms with Gasteiger partial charge in [-0.25, -0.2) is 0 Å². The van der Waals surface area contributed by atoms with Crippen molar-refractivity contribution in [3.63, 3.8) is 0 Å². The number of benzene rings is 8. The van der Waals surface area contributed by atoms with Crippen molar-refractivity contribution < 1.29 is 0 Å². The van der Waals surface area contributed by atoms with Crippen molar-refractivity contribution in [1.29, 1.82) is 0 Å². The van der Waals surface area contributed by atoms with Gasteiger partial charge in [0.05, 0.1) is 11.0 Å². The molecule has 0 aliphatic rings. The molecule has 0 radical (unpaired) electrons. The number of hydrogen-bond donors (Lipinski definition) is 1. The lowest BCUT2D eigenvalue weighted by atomic mass is 9.97. The molecule has 0 aliphatic carbocycles. The third-order valence-corrected chi connectivity index (χ3v) is 9.40. The van der Waals surface area contributed by atoms with Crippen molar-refractivity contribution in [3.05, 3.63) is 188 Å². The van der Waals surface area contributed by atoms with Crippen LogP contribution in [0.5, 0.6) is 0 Å². The predicted molar refractivity (Wildman–Crippen MR) is 204 cm³/mol. The highest BCUT2D eigenvalue weighted by Gasteiger charge is 2.20. The van der Waals surface area contributed by atoms with Gasteiger partial charge in [-0.1, -0.05) is 152 Å². The lowest BCUT2D eigenvalue weighted by molar-refractivity contribution is 1.18. The molecule has 0 fully saturated rings. The fourth-order valence-electron chi connectivity index (χ4n) is 7.13. The van der Waals surface area contributed by atoms with E-state index in [1.165, 1.54) is 66.0 Å². The zero-order valence-electron chi connectivity index (χ0n) is 26.3. The van der Waals surface area contributed by atoms with Crippen molar-refractivity contribution in [3.8, 4) is 39.1 Å². The molecular formula is C46H32N2. The van der Waals surface area contributed by atoms with Gasteiger partial charge in [-0.3, -0.25) is 0 Å². The van der Waals surface area contributed by atoms with E-state index in [1.807, 2.05) is 0 Å². The summed E-state index contributed by atoms with van der Waals surface area (Å²) >= 11 is 0. The van der Waals surface area contributed by atoms with Gasteiger partial charge in [-0.05, 0) is 75.0 Å². The second kappa shape index (κ2) is 11.8. The highest BCUT2D eigenvalue weighted by molar-refractivity contribution is 6.16. The Labute approximate surface area is 280 Å². The van der Waals surface area contributed by atoms with Crippen molar-refractivity contribution >= 4 is 44.0 Å². The Kier molecular flexibility index (Phi) is 6.84. The molecular weight excluding hydrogens is 581 g/mol. The number of fused-ring (bicyclic) bond motifs is 4. The van der Waals surface area contributed by atoms with Crippen LogP contribution in [0.15, 0.2) is 188 Å². The molecule has 0 saturated heterocycles. The van der Waals surface area contributed by atoms with Crippen LogP contribution in [0.4, 0.5) is 11.4 Å². The van der Waals surface area contributed by atoms with E-state index in [1.54, 1.807) is 0 Å². The van der Waals surface area contributed by atoms with Crippen LogP contribution in [-0.4, -0.2) is 4.57 Å². The Hall–Kier alpha value is -6.38. The Bertz CT molecular complexity index is 2540. The number of aromatic nitrogens is 1. The topological polar surface area (TPSA) is 17.0 Å². The quantitative estimate of drug-likeness (QED) is 0.198. The summed E-state index contributed by atoms with van der Waals surface area (Å²) in [5, 5.41) is 8.81. The van der Waals surface area contributed by atoms with E-state index in [0.29, 0.717) is 0 Å². The fraction of sp³-hybridized carbons (Fsp3) is 0. The number of nitrogens with zero attached hydrogens (tertiary/aromatic N) is 1. The maximum absolute atomic E-state index is 3.82. The highest BCUT2D eigenvalue weighted by atomic mass is 15.0. The number of rotatable bonds is 6. The molecule has 1 aromatic heterocycles. The van der Waals surface area contributed by atoms with Crippen LogP contribution >= 0.6 is 0 Å². The second-order valence-electron chi connectivity index (χ2n) is 12.2. The zero-order chi connectivity index (χ0) is 31.9. The first-order valence-corrected chi connectivity index (χ1v) is 16.4. The van der Waals surface area contributed by atoms with Crippen LogP contribution in [0.3, 0.4) is 0 Å². The Morgan fingerprint density at radius 3 is 1.75 bits per heavy atom. The molecule has 0 spiro atoms. The summed E-state index contributed by atoms with van der Waals surface area (Å²) in [7, 11) is 0. The maximum Gasteiger partial charge on any atom is 0.0640 e. The van der Waals surface area contributed by atoms with Gasteiger partial charge in [-0.2, -0.15) is 0 Å². The maximum atomic E-state index is 3.82. The first-order chi connectivity index (χ1) is 23.8. The Morgan fingerprint density at radius 2 is 0.979 bits per heavy atom. The van der Waals surface area contributed by atoms with E-state index in [2.05, 4.69) is 198 Å². The van der Waals surface area contributed by atoms with Gasteiger partial charge in [0.1, 0.15) is 0 Å². The van der Waals surface area contributed by atoms with E-state index in [0.717, 1.165) is 17.1 Å². The molecule has 9 aromatic rings. The summed E-state index contributed by atoms with van der Waals surface area (Å²) in [4.78, 5) is 0. The monoisotopic (exact) mass is 612 g/mol. The third-order valence-electron chi connectivity index (χ3n) is 9.40. The van der Waals surface area contributed by atoms with Gasteiger partial charge in [0, 0.05) is 33.4 Å². The van der Waals surface area contributed by atoms with E-state index < -0.39 is 0 Å². The summed E-state index contributed by atoms with van der Waals surface area (Å²) in [6.07, 6.45) is 0. The average molecular weight is 613 g/mol. The average Bonchev–Trinajstić information content (AvgIpc) is 3.50. The van der Waals surface area contributed by atoms with Gasteiger partial charge in [0.2, 0.25) is 0 Å². The number of nitrogens with one attached hydrogen (secondary N) is 1. The molecule has 0 saturated carbocycles. The van der Waals surface area contributed by atoms with Crippen LogP contribution in [0.1, 0.15) is 0 Å². The lowest BCUT2D eigenvalue weighted by Crippen LogP contribution is -1.99. The second-order valence-corrected chi connectivity index (χ2v) is 12.2. The van der Waals surface area contributed by atoms with Crippen molar-refractivity contribution in [2.45, 2.75) is 0 Å². The third kappa shape index (κ3) is 4.83. The van der Waals surface area contributed by atoms with Gasteiger partial charge in [0.15, 0.2) is 0 Å². The summed E-state index contributed by atoms with van der Waals surface area (Å²) in [6.45, 7) is 0. The molecule has 48 heavy (non-hydrogen) atoms. The normalized spacial score (nSPS) is 11.3. The largest absolute Gasteiger partial charge is 0.355 e. The fourth-order valence-corrected chi connectivity index (χ4v) is 7.13. The number of para-hydroxylation sites is 1. The van der Waals surface area contributed by atoms with Gasteiger partial charge in [-0.15, -0.1) is 0 Å². The lowest BCUT2D eigenvalue weighted by Gasteiger charge is -2.17. The van der Waals surface area contributed by atoms with Crippen molar-refractivity contribution in [1.82, 2.24) is 4.57 Å². The summed E-state index contributed by atoms with van der Waals surface area (Å²) in [5.74, 6) is 0. The minimum Gasteiger partial charge on any atom is -0.355 e. The van der Waals surface area contributed by atoms with Gasteiger partial charge in [0.25, 0.3) is 0 Å². The highest BCUT2D eigenvalue weighted by Crippen LogP contribution is 2.43. The molecule has 0 aliphatic heterocycles. The van der Waals surface area contributed by atoms with Crippen LogP contribution in [0, 0.1) is 0 Å². The van der Waals surface area contributed by atoms with E-state index in [9.17, 15) is 0 Å².